The third-order valence-corrected chi connectivity index (χ3v) is 7.00. The summed E-state index contributed by atoms with van der Waals surface area (Å²) in [5.74, 6) is 0.507. The number of hydrogen-bond donors (Lipinski definition) is 0. The summed E-state index contributed by atoms with van der Waals surface area (Å²) in [6.07, 6.45) is 6.41. The van der Waals surface area contributed by atoms with Crippen molar-refractivity contribution < 1.29 is 22.1 Å². The summed E-state index contributed by atoms with van der Waals surface area (Å²) < 4.78 is 37.4. The van der Waals surface area contributed by atoms with Gasteiger partial charge in [0.25, 0.3) is 10.1 Å². The molecule has 0 spiro atoms. The molecule has 0 bridgehead atoms. The number of aldehydes is 1. The number of likely N-dealkylation sites (N-methyl/N-ethyl adjacent to an activating group) is 1. The molecular weight excluding hydrogens is 442 g/mol. The number of nitrogens with zero attached hydrogens (tertiary/aromatic N) is 3. The lowest BCUT2D eigenvalue weighted by atomic mass is 9.86. The maximum Gasteiger partial charge on any atom is 0.296 e. The second-order valence-electron chi connectivity index (χ2n) is 7.72. The van der Waals surface area contributed by atoms with Crippen LogP contribution in [0.2, 0.25) is 0 Å². The van der Waals surface area contributed by atoms with Gasteiger partial charge in [0, 0.05) is 43.2 Å². The predicted octanol–water partition coefficient (Wildman–Crippen LogP) is 3.40. The molecule has 2 heterocycles. The Balaban J connectivity index is 1.94. The standard InChI is InChI=1S/C24H25N3O5S/c1-5-32-33(29,30)18-7-9-24(31-4)21(11-18)22-14-26(2)23(15-28)19-8-6-16(10-20(19)22)17-12-25-27(3)13-17/h6-15,23H,5H2,1-4H3. The topological polar surface area (TPSA) is 90.7 Å². The quantitative estimate of drug-likeness (QED) is 0.389. The van der Waals surface area contributed by atoms with Gasteiger partial charge in [0.2, 0.25) is 0 Å². The van der Waals surface area contributed by atoms with Crippen LogP contribution in [0.1, 0.15) is 29.7 Å². The van der Waals surface area contributed by atoms with Crippen LogP contribution in [0.15, 0.2) is 59.9 Å². The van der Waals surface area contributed by atoms with Crippen molar-refractivity contribution in [2.75, 3.05) is 20.8 Å². The van der Waals surface area contributed by atoms with E-state index in [-0.39, 0.29) is 11.5 Å². The fourth-order valence-electron chi connectivity index (χ4n) is 4.03. The van der Waals surface area contributed by atoms with E-state index in [1.807, 2.05) is 44.7 Å². The average molecular weight is 468 g/mol. The van der Waals surface area contributed by atoms with E-state index >= 15 is 0 Å². The molecule has 2 aromatic carbocycles. The number of hydrogen-bond acceptors (Lipinski definition) is 7. The molecule has 0 fully saturated rings. The van der Waals surface area contributed by atoms with Gasteiger partial charge < -0.3 is 14.4 Å². The molecule has 0 radical (unpaired) electrons. The number of carbonyl (C=O) groups is 1. The molecule has 3 aromatic rings. The van der Waals surface area contributed by atoms with Crippen molar-refractivity contribution in [2.24, 2.45) is 7.05 Å². The van der Waals surface area contributed by atoms with Gasteiger partial charge in [0.1, 0.15) is 18.1 Å². The zero-order valence-corrected chi connectivity index (χ0v) is 19.7. The summed E-state index contributed by atoms with van der Waals surface area (Å²) in [6, 6.07) is 10.0. The smallest absolute Gasteiger partial charge is 0.296 e. The molecule has 1 aliphatic heterocycles. The minimum atomic E-state index is -3.91. The van der Waals surface area contributed by atoms with E-state index < -0.39 is 16.2 Å². The van der Waals surface area contributed by atoms with Crippen molar-refractivity contribution in [3.8, 4) is 16.9 Å². The third kappa shape index (κ3) is 4.17. The van der Waals surface area contributed by atoms with Crippen LogP contribution < -0.4 is 4.74 Å². The van der Waals surface area contributed by atoms with Gasteiger partial charge in [0.15, 0.2) is 0 Å². The number of ether oxygens (including phenoxy) is 1. The first-order valence-corrected chi connectivity index (χ1v) is 11.8. The van der Waals surface area contributed by atoms with Crippen molar-refractivity contribution in [1.82, 2.24) is 14.7 Å². The number of aryl methyl sites for hydroxylation is 1. The summed E-state index contributed by atoms with van der Waals surface area (Å²) in [5, 5.41) is 4.25. The molecule has 1 atom stereocenters. The lowest BCUT2D eigenvalue weighted by Gasteiger charge is -2.32. The lowest BCUT2D eigenvalue weighted by molar-refractivity contribution is -0.111. The van der Waals surface area contributed by atoms with E-state index in [1.54, 1.807) is 34.8 Å². The highest BCUT2D eigenvalue weighted by molar-refractivity contribution is 7.86. The minimum absolute atomic E-state index is 0.0335. The van der Waals surface area contributed by atoms with Gasteiger partial charge in [0.05, 0.1) is 24.8 Å². The highest BCUT2D eigenvalue weighted by atomic mass is 32.2. The fourth-order valence-corrected chi connectivity index (χ4v) is 4.97. The summed E-state index contributed by atoms with van der Waals surface area (Å²) in [4.78, 5) is 13.7. The Morgan fingerprint density at radius 1 is 1.09 bits per heavy atom. The van der Waals surface area contributed by atoms with Crippen molar-refractivity contribution in [1.29, 1.82) is 0 Å². The zero-order chi connectivity index (χ0) is 23.8. The molecular formula is C24H25N3O5S. The highest BCUT2D eigenvalue weighted by Crippen LogP contribution is 2.42. The molecule has 4 rings (SSSR count). The van der Waals surface area contributed by atoms with Gasteiger partial charge >= 0.3 is 0 Å². The summed E-state index contributed by atoms with van der Waals surface area (Å²) in [5.41, 5.74) is 4.81. The third-order valence-electron chi connectivity index (χ3n) is 5.62. The Bertz CT molecular complexity index is 1340. The lowest BCUT2D eigenvalue weighted by Crippen LogP contribution is -2.26. The molecule has 0 N–H and O–H groups in total. The number of methoxy groups -OCH3 is 1. The number of rotatable bonds is 7. The maximum atomic E-state index is 12.6. The van der Waals surface area contributed by atoms with Gasteiger partial charge in [-0.15, -0.1) is 0 Å². The first-order valence-electron chi connectivity index (χ1n) is 10.4. The second-order valence-corrected chi connectivity index (χ2v) is 9.33. The van der Waals surface area contributed by atoms with Crippen LogP contribution in [-0.4, -0.2) is 50.1 Å². The van der Waals surface area contributed by atoms with Crippen LogP contribution in [0.5, 0.6) is 5.75 Å². The van der Waals surface area contributed by atoms with E-state index in [0.717, 1.165) is 34.1 Å². The van der Waals surface area contributed by atoms with Gasteiger partial charge in [-0.2, -0.15) is 13.5 Å². The van der Waals surface area contributed by atoms with Gasteiger partial charge in [-0.1, -0.05) is 12.1 Å². The monoisotopic (exact) mass is 467 g/mol. The number of fused-ring (bicyclic) bond motifs is 1. The molecule has 0 aliphatic carbocycles. The molecule has 9 heteroatoms. The number of aromatic nitrogens is 2. The molecule has 8 nitrogen and oxygen atoms in total. The number of carbonyl (C=O) groups excluding carboxylic acids is 1. The summed E-state index contributed by atoms with van der Waals surface area (Å²) in [6.45, 7) is 1.66. The van der Waals surface area contributed by atoms with Crippen LogP contribution >= 0.6 is 0 Å². The average Bonchev–Trinajstić information content (AvgIpc) is 3.24. The Hall–Kier alpha value is -3.43. The van der Waals surface area contributed by atoms with E-state index in [9.17, 15) is 13.2 Å². The van der Waals surface area contributed by atoms with E-state index in [0.29, 0.717) is 11.3 Å². The van der Waals surface area contributed by atoms with E-state index in [1.165, 1.54) is 13.2 Å². The number of benzene rings is 2. The molecule has 1 aromatic heterocycles. The van der Waals surface area contributed by atoms with Crippen molar-refractivity contribution >= 4 is 22.0 Å². The highest BCUT2D eigenvalue weighted by Gasteiger charge is 2.28. The Labute approximate surface area is 193 Å². The van der Waals surface area contributed by atoms with Crippen LogP contribution in [0.3, 0.4) is 0 Å². The minimum Gasteiger partial charge on any atom is -0.496 e. The Morgan fingerprint density at radius 2 is 1.88 bits per heavy atom. The van der Waals surface area contributed by atoms with E-state index in [4.69, 9.17) is 8.92 Å². The molecule has 0 amide bonds. The first-order chi connectivity index (χ1) is 15.8. The van der Waals surface area contributed by atoms with Crippen LogP contribution in [0.25, 0.3) is 16.7 Å². The normalized spacial score (nSPS) is 15.7. The van der Waals surface area contributed by atoms with Crippen molar-refractivity contribution in [3.63, 3.8) is 0 Å². The van der Waals surface area contributed by atoms with Crippen molar-refractivity contribution in [2.45, 2.75) is 17.9 Å². The molecule has 1 unspecified atom stereocenters. The van der Waals surface area contributed by atoms with Crippen LogP contribution in [0.4, 0.5) is 0 Å². The molecule has 1 aliphatic rings. The first kappa shape index (κ1) is 22.8. The largest absolute Gasteiger partial charge is 0.496 e. The predicted molar refractivity (Wildman–Crippen MR) is 124 cm³/mol. The molecule has 0 saturated carbocycles. The summed E-state index contributed by atoms with van der Waals surface area (Å²) >= 11 is 0. The SMILES string of the molecule is CCOS(=O)(=O)c1ccc(OC)c(C2=CN(C)C(C=O)c3ccc(-c4cnn(C)c4)cc32)c1. The fraction of sp³-hybridized carbons (Fsp3) is 0.250. The van der Waals surface area contributed by atoms with E-state index in [2.05, 4.69) is 5.10 Å². The zero-order valence-electron chi connectivity index (χ0n) is 18.8. The Kier molecular flexibility index (Phi) is 6.09. The molecule has 33 heavy (non-hydrogen) atoms. The van der Waals surface area contributed by atoms with Gasteiger partial charge in [-0.25, -0.2) is 0 Å². The molecule has 172 valence electrons. The Morgan fingerprint density at radius 3 is 2.52 bits per heavy atom. The summed E-state index contributed by atoms with van der Waals surface area (Å²) in [7, 11) is 1.27. The molecule has 0 saturated heterocycles. The van der Waals surface area contributed by atoms with Crippen LogP contribution in [-0.2, 0) is 26.1 Å². The maximum absolute atomic E-state index is 12.6. The van der Waals surface area contributed by atoms with Crippen LogP contribution in [0, 0.1) is 0 Å². The van der Waals surface area contributed by atoms with Gasteiger partial charge in [-0.3, -0.25) is 8.86 Å². The van der Waals surface area contributed by atoms with Gasteiger partial charge in [-0.05, 0) is 47.9 Å². The second kappa shape index (κ2) is 8.84. The van der Waals surface area contributed by atoms with Crippen molar-refractivity contribution in [3.05, 3.63) is 71.7 Å².